The highest BCUT2D eigenvalue weighted by atomic mass is 16.5. The molecule has 0 aromatic heterocycles. The summed E-state index contributed by atoms with van der Waals surface area (Å²) in [5.41, 5.74) is 1.07. The fourth-order valence-corrected chi connectivity index (χ4v) is 2.27. The van der Waals surface area contributed by atoms with Gasteiger partial charge in [-0.2, -0.15) is 0 Å². The molecule has 0 amide bonds. The zero-order valence-electron chi connectivity index (χ0n) is 10.2. The average Bonchev–Trinajstić information content (AvgIpc) is 2.61. The molecule has 92 valence electrons. The second-order valence-corrected chi connectivity index (χ2v) is 4.44. The minimum Gasteiger partial charge on any atom is -0.469 e. The van der Waals surface area contributed by atoms with Crippen molar-refractivity contribution in [2.75, 3.05) is 7.11 Å². The van der Waals surface area contributed by atoms with E-state index in [9.17, 15) is 9.90 Å². The van der Waals surface area contributed by atoms with Gasteiger partial charge in [0.2, 0.25) is 0 Å². The summed E-state index contributed by atoms with van der Waals surface area (Å²) >= 11 is 0. The minimum absolute atomic E-state index is 0.172. The van der Waals surface area contributed by atoms with E-state index in [1.165, 1.54) is 20.0 Å². The fourth-order valence-electron chi connectivity index (χ4n) is 2.27. The molecule has 2 atom stereocenters. The smallest absolute Gasteiger partial charge is 0.309 e. The van der Waals surface area contributed by atoms with Gasteiger partial charge in [-0.05, 0) is 12.8 Å². The van der Waals surface area contributed by atoms with Crippen LogP contribution < -0.4 is 0 Å². The maximum absolute atomic E-state index is 11.2. The average molecular weight is 226 g/mol. The zero-order valence-corrected chi connectivity index (χ0v) is 10.2. The molecule has 1 N–H and O–H groups in total. The molecule has 0 bridgehead atoms. The Hall–Kier alpha value is -0.830. The lowest BCUT2D eigenvalue weighted by molar-refractivity contribution is -0.139. The van der Waals surface area contributed by atoms with Crippen molar-refractivity contribution in [2.45, 2.75) is 51.6 Å². The zero-order chi connectivity index (χ0) is 12.0. The Morgan fingerprint density at radius 1 is 1.56 bits per heavy atom. The molecule has 0 radical (unpaired) electrons. The van der Waals surface area contributed by atoms with Crippen molar-refractivity contribution in [1.82, 2.24) is 0 Å². The molecule has 0 spiro atoms. The van der Waals surface area contributed by atoms with Gasteiger partial charge in [0.15, 0.2) is 0 Å². The number of carbonyl (C=O) groups is 1. The number of methoxy groups -OCH3 is 1. The van der Waals surface area contributed by atoms with Crippen LogP contribution in [0.1, 0.15) is 45.4 Å². The molecule has 0 heterocycles. The Morgan fingerprint density at radius 3 is 2.94 bits per heavy atom. The first-order valence-corrected chi connectivity index (χ1v) is 6.12. The van der Waals surface area contributed by atoms with E-state index in [4.69, 9.17) is 0 Å². The van der Waals surface area contributed by atoms with Crippen molar-refractivity contribution in [2.24, 2.45) is 5.92 Å². The van der Waals surface area contributed by atoms with Crippen molar-refractivity contribution in [1.29, 1.82) is 0 Å². The lowest BCUT2D eigenvalue weighted by Gasteiger charge is -2.18. The van der Waals surface area contributed by atoms with Crippen LogP contribution in [0.25, 0.3) is 0 Å². The first-order chi connectivity index (χ1) is 7.69. The molecular weight excluding hydrogens is 204 g/mol. The molecule has 3 heteroatoms. The number of hydrogen-bond donors (Lipinski definition) is 1. The summed E-state index contributed by atoms with van der Waals surface area (Å²) in [6.07, 6.45) is 7.20. The number of rotatable bonds is 6. The minimum atomic E-state index is -0.295. The van der Waals surface area contributed by atoms with Gasteiger partial charge in [-0.1, -0.05) is 37.8 Å². The maximum atomic E-state index is 11.2. The van der Waals surface area contributed by atoms with E-state index in [1.807, 2.05) is 6.08 Å². The van der Waals surface area contributed by atoms with E-state index in [-0.39, 0.29) is 18.0 Å². The summed E-state index contributed by atoms with van der Waals surface area (Å²) in [4.78, 5) is 11.2. The van der Waals surface area contributed by atoms with E-state index < -0.39 is 0 Å². The van der Waals surface area contributed by atoms with Gasteiger partial charge in [0.1, 0.15) is 0 Å². The topological polar surface area (TPSA) is 46.5 Å². The van der Waals surface area contributed by atoms with E-state index in [2.05, 4.69) is 11.7 Å². The molecule has 1 aliphatic carbocycles. The van der Waals surface area contributed by atoms with Crippen LogP contribution in [0.15, 0.2) is 11.6 Å². The number of unbranched alkanes of at least 4 members (excludes halogenated alkanes) is 2. The largest absolute Gasteiger partial charge is 0.469 e. The molecule has 0 aliphatic heterocycles. The van der Waals surface area contributed by atoms with E-state index in [1.54, 1.807) is 0 Å². The van der Waals surface area contributed by atoms with Crippen LogP contribution >= 0.6 is 0 Å². The van der Waals surface area contributed by atoms with E-state index >= 15 is 0 Å². The summed E-state index contributed by atoms with van der Waals surface area (Å²) < 4.78 is 4.66. The molecular formula is C13H22O3. The Kier molecular flexibility index (Phi) is 5.53. The summed E-state index contributed by atoms with van der Waals surface area (Å²) in [6, 6.07) is 0. The summed E-state index contributed by atoms with van der Waals surface area (Å²) in [7, 11) is 1.40. The van der Waals surface area contributed by atoms with Crippen molar-refractivity contribution < 1.29 is 14.6 Å². The molecule has 0 fully saturated rings. The highest BCUT2D eigenvalue weighted by Crippen LogP contribution is 2.33. The monoisotopic (exact) mass is 226 g/mol. The Balaban J connectivity index is 2.45. The molecule has 0 saturated carbocycles. The van der Waals surface area contributed by atoms with Crippen LogP contribution in [0.3, 0.4) is 0 Å². The molecule has 2 unspecified atom stereocenters. The summed E-state index contributed by atoms with van der Waals surface area (Å²) in [5.74, 6) is -0.0357. The third-order valence-electron chi connectivity index (χ3n) is 3.26. The quantitative estimate of drug-likeness (QED) is 0.430. The molecule has 0 aromatic carbocycles. The third kappa shape index (κ3) is 3.63. The second kappa shape index (κ2) is 6.69. The SMILES string of the molecule is CCCCCC1C(CC(=O)OC)=CCC1O. The van der Waals surface area contributed by atoms with Crippen molar-refractivity contribution >= 4 is 5.97 Å². The van der Waals surface area contributed by atoms with Gasteiger partial charge in [-0.15, -0.1) is 0 Å². The van der Waals surface area contributed by atoms with Crippen LogP contribution in [0.4, 0.5) is 0 Å². The Labute approximate surface area is 97.5 Å². The molecule has 1 aliphatic rings. The molecule has 16 heavy (non-hydrogen) atoms. The fraction of sp³-hybridized carbons (Fsp3) is 0.769. The van der Waals surface area contributed by atoms with Gasteiger partial charge >= 0.3 is 5.97 Å². The number of carbonyl (C=O) groups excluding carboxylic acids is 1. The summed E-state index contributed by atoms with van der Waals surface area (Å²) in [5, 5.41) is 9.84. The van der Waals surface area contributed by atoms with Gasteiger partial charge < -0.3 is 9.84 Å². The van der Waals surface area contributed by atoms with E-state index in [0.29, 0.717) is 12.8 Å². The third-order valence-corrected chi connectivity index (χ3v) is 3.26. The van der Waals surface area contributed by atoms with Gasteiger partial charge in [-0.3, -0.25) is 4.79 Å². The number of hydrogen-bond acceptors (Lipinski definition) is 3. The number of ether oxygens (including phenoxy) is 1. The first kappa shape index (κ1) is 13.2. The van der Waals surface area contributed by atoms with Crippen molar-refractivity contribution in [3.63, 3.8) is 0 Å². The number of esters is 1. The standard InChI is InChI=1S/C13H22O3/c1-3-4-5-6-11-10(7-8-12(11)14)9-13(15)16-2/h7,11-12,14H,3-6,8-9H2,1-2H3. The van der Waals surface area contributed by atoms with Crippen LogP contribution in [0.2, 0.25) is 0 Å². The predicted molar refractivity (Wildman–Crippen MR) is 63.0 cm³/mol. The number of aliphatic hydroxyl groups is 1. The van der Waals surface area contributed by atoms with Gasteiger partial charge in [0, 0.05) is 5.92 Å². The van der Waals surface area contributed by atoms with Gasteiger partial charge in [-0.25, -0.2) is 0 Å². The normalized spacial score (nSPS) is 24.3. The van der Waals surface area contributed by atoms with E-state index in [0.717, 1.165) is 18.4 Å². The van der Waals surface area contributed by atoms with Crippen molar-refractivity contribution in [3.8, 4) is 0 Å². The highest BCUT2D eigenvalue weighted by Gasteiger charge is 2.28. The molecule has 0 aromatic rings. The van der Waals surface area contributed by atoms with Crippen LogP contribution in [-0.2, 0) is 9.53 Å². The lowest BCUT2D eigenvalue weighted by Crippen LogP contribution is -2.18. The van der Waals surface area contributed by atoms with Gasteiger partial charge in [0.05, 0.1) is 19.6 Å². The number of aliphatic hydroxyl groups excluding tert-OH is 1. The lowest BCUT2D eigenvalue weighted by atomic mass is 9.91. The Morgan fingerprint density at radius 2 is 2.31 bits per heavy atom. The van der Waals surface area contributed by atoms with Gasteiger partial charge in [0.25, 0.3) is 0 Å². The maximum Gasteiger partial charge on any atom is 0.309 e. The molecule has 0 saturated heterocycles. The van der Waals surface area contributed by atoms with Crippen molar-refractivity contribution in [3.05, 3.63) is 11.6 Å². The predicted octanol–water partition coefficient (Wildman–Crippen LogP) is 2.44. The highest BCUT2D eigenvalue weighted by molar-refractivity contribution is 5.72. The molecule has 3 nitrogen and oxygen atoms in total. The van der Waals surface area contributed by atoms with Crippen LogP contribution in [-0.4, -0.2) is 24.3 Å². The Bertz CT molecular complexity index is 258. The first-order valence-electron chi connectivity index (χ1n) is 6.12. The van der Waals surface area contributed by atoms with Crippen LogP contribution in [0.5, 0.6) is 0 Å². The second-order valence-electron chi connectivity index (χ2n) is 4.44. The molecule has 1 rings (SSSR count). The summed E-state index contributed by atoms with van der Waals surface area (Å²) in [6.45, 7) is 2.16. The van der Waals surface area contributed by atoms with Crippen LogP contribution in [0, 0.1) is 5.92 Å².